The van der Waals surface area contributed by atoms with E-state index < -0.39 is 18.0 Å². The summed E-state index contributed by atoms with van der Waals surface area (Å²) in [6.07, 6.45) is 2.12. The molecule has 0 saturated heterocycles. The second-order valence-electron chi connectivity index (χ2n) is 5.65. The van der Waals surface area contributed by atoms with E-state index >= 15 is 0 Å². The van der Waals surface area contributed by atoms with Gasteiger partial charge in [0.1, 0.15) is 5.82 Å². The molecule has 7 heteroatoms. The smallest absolute Gasteiger partial charge is 0.338 e. The van der Waals surface area contributed by atoms with Crippen LogP contribution >= 0.6 is 0 Å². The largest absolute Gasteiger partial charge is 0.449 e. The molecule has 6 nitrogen and oxygen atoms in total. The van der Waals surface area contributed by atoms with E-state index in [1.165, 1.54) is 25.3 Å². The van der Waals surface area contributed by atoms with Gasteiger partial charge in [0.05, 0.1) is 16.6 Å². The Labute approximate surface area is 149 Å². The molecule has 132 valence electrons. The van der Waals surface area contributed by atoms with Crippen LogP contribution < -0.4 is 5.32 Å². The summed E-state index contributed by atoms with van der Waals surface area (Å²) in [4.78, 5) is 32.6. The molecule has 1 aromatic heterocycles. The van der Waals surface area contributed by atoms with Crippen molar-refractivity contribution in [1.82, 2.24) is 15.3 Å². The quantitative estimate of drug-likeness (QED) is 0.713. The summed E-state index contributed by atoms with van der Waals surface area (Å²) in [7, 11) is 0. The molecule has 0 aliphatic carbocycles. The standard InChI is InChI=1S/C19H16FN3O3/c1-12(18(24)23-11-13-2-5-15(20)6-3-13)26-19(25)14-4-7-16-17(10-14)22-9-8-21-16/h2-10,12H,11H2,1H3,(H,23,24)/t12-/m1/s1. The molecule has 3 rings (SSSR count). The van der Waals surface area contributed by atoms with Crippen LogP contribution in [-0.2, 0) is 16.1 Å². The first-order chi connectivity index (χ1) is 12.5. The van der Waals surface area contributed by atoms with Gasteiger partial charge < -0.3 is 10.1 Å². The van der Waals surface area contributed by atoms with Crippen molar-refractivity contribution in [2.45, 2.75) is 19.6 Å². The molecule has 0 aliphatic heterocycles. The molecule has 0 bridgehead atoms. The number of nitrogens with zero attached hydrogens (tertiary/aromatic N) is 2. The van der Waals surface area contributed by atoms with Crippen molar-refractivity contribution in [2.24, 2.45) is 0 Å². The Balaban J connectivity index is 1.58. The maximum absolute atomic E-state index is 12.9. The van der Waals surface area contributed by atoms with Gasteiger partial charge in [-0.2, -0.15) is 0 Å². The SMILES string of the molecule is C[C@@H](OC(=O)c1ccc2nccnc2c1)C(=O)NCc1ccc(F)cc1. The van der Waals surface area contributed by atoms with E-state index in [1.807, 2.05) is 0 Å². The van der Waals surface area contributed by atoms with Crippen molar-refractivity contribution in [3.05, 3.63) is 71.8 Å². The van der Waals surface area contributed by atoms with Crippen LogP contribution in [0.3, 0.4) is 0 Å². The summed E-state index contributed by atoms with van der Waals surface area (Å²) in [5, 5.41) is 2.64. The first-order valence-corrected chi connectivity index (χ1v) is 7.97. The highest BCUT2D eigenvalue weighted by Crippen LogP contribution is 2.12. The summed E-state index contributed by atoms with van der Waals surface area (Å²) in [6, 6.07) is 10.6. The Bertz CT molecular complexity index is 944. The van der Waals surface area contributed by atoms with Crippen LogP contribution in [0.4, 0.5) is 4.39 Å². The van der Waals surface area contributed by atoms with Crippen LogP contribution in [0.2, 0.25) is 0 Å². The van der Waals surface area contributed by atoms with Crippen molar-refractivity contribution in [2.75, 3.05) is 0 Å². The van der Waals surface area contributed by atoms with Gasteiger partial charge in [-0.25, -0.2) is 9.18 Å². The molecule has 3 aromatic rings. The molecule has 0 aliphatic rings. The number of benzene rings is 2. The minimum atomic E-state index is -0.972. The second kappa shape index (κ2) is 7.69. The van der Waals surface area contributed by atoms with E-state index in [0.717, 1.165) is 5.56 Å². The summed E-state index contributed by atoms with van der Waals surface area (Å²) < 4.78 is 18.1. The molecule has 0 radical (unpaired) electrons. The van der Waals surface area contributed by atoms with Crippen LogP contribution in [0.5, 0.6) is 0 Å². The zero-order chi connectivity index (χ0) is 18.5. The molecule has 0 saturated carbocycles. The van der Waals surface area contributed by atoms with E-state index in [0.29, 0.717) is 11.0 Å². The summed E-state index contributed by atoms with van der Waals surface area (Å²) in [6.45, 7) is 1.70. The van der Waals surface area contributed by atoms with Gasteiger partial charge in [0.2, 0.25) is 0 Å². The summed E-state index contributed by atoms with van der Waals surface area (Å²) in [5.74, 6) is -1.41. The number of halogens is 1. The molecule has 1 heterocycles. The number of carbonyl (C=O) groups excluding carboxylic acids is 2. The number of hydrogen-bond donors (Lipinski definition) is 1. The maximum atomic E-state index is 12.9. The fourth-order valence-electron chi connectivity index (χ4n) is 2.31. The number of rotatable bonds is 5. The van der Waals surface area contributed by atoms with Crippen LogP contribution in [-0.4, -0.2) is 27.9 Å². The van der Waals surface area contributed by atoms with E-state index in [1.54, 1.807) is 36.5 Å². The molecule has 0 unspecified atom stereocenters. The number of ether oxygens (including phenoxy) is 1. The summed E-state index contributed by atoms with van der Waals surface area (Å²) in [5.41, 5.74) is 2.26. The molecular formula is C19H16FN3O3. The van der Waals surface area contributed by atoms with Crippen molar-refractivity contribution in [3.8, 4) is 0 Å². The molecular weight excluding hydrogens is 337 g/mol. The molecule has 1 amide bonds. The predicted octanol–water partition coefficient (Wildman–Crippen LogP) is 2.63. The van der Waals surface area contributed by atoms with Crippen molar-refractivity contribution < 1.29 is 18.7 Å². The van der Waals surface area contributed by atoms with Gasteiger partial charge in [-0.15, -0.1) is 0 Å². The summed E-state index contributed by atoms with van der Waals surface area (Å²) >= 11 is 0. The molecule has 0 fully saturated rings. The van der Waals surface area contributed by atoms with Gasteiger partial charge in [0.25, 0.3) is 5.91 Å². The Kier molecular flexibility index (Phi) is 5.17. The number of amides is 1. The Hall–Kier alpha value is -3.35. The Morgan fingerprint density at radius 1 is 1.08 bits per heavy atom. The fourth-order valence-corrected chi connectivity index (χ4v) is 2.31. The minimum absolute atomic E-state index is 0.215. The normalized spacial score (nSPS) is 11.8. The van der Waals surface area contributed by atoms with E-state index in [2.05, 4.69) is 15.3 Å². The van der Waals surface area contributed by atoms with Crippen LogP contribution in [0.15, 0.2) is 54.9 Å². The van der Waals surface area contributed by atoms with Gasteiger partial charge in [0, 0.05) is 18.9 Å². The zero-order valence-electron chi connectivity index (χ0n) is 14.0. The number of nitrogens with one attached hydrogen (secondary N) is 1. The van der Waals surface area contributed by atoms with Crippen LogP contribution in [0, 0.1) is 5.82 Å². The Morgan fingerprint density at radius 3 is 2.50 bits per heavy atom. The highest BCUT2D eigenvalue weighted by atomic mass is 19.1. The van der Waals surface area contributed by atoms with Crippen molar-refractivity contribution >= 4 is 22.9 Å². The van der Waals surface area contributed by atoms with E-state index in [9.17, 15) is 14.0 Å². The van der Waals surface area contributed by atoms with Crippen LogP contribution in [0.25, 0.3) is 11.0 Å². The fraction of sp³-hybridized carbons (Fsp3) is 0.158. The molecule has 2 aromatic carbocycles. The van der Waals surface area contributed by atoms with E-state index in [-0.39, 0.29) is 17.9 Å². The number of carbonyl (C=O) groups is 2. The number of hydrogen-bond acceptors (Lipinski definition) is 5. The van der Waals surface area contributed by atoms with Gasteiger partial charge in [0.15, 0.2) is 6.10 Å². The molecule has 26 heavy (non-hydrogen) atoms. The Morgan fingerprint density at radius 2 is 1.77 bits per heavy atom. The topological polar surface area (TPSA) is 81.2 Å². The average Bonchev–Trinajstić information content (AvgIpc) is 2.66. The van der Waals surface area contributed by atoms with E-state index in [4.69, 9.17) is 4.74 Å². The number of fused-ring (bicyclic) bond motifs is 1. The monoisotopic (exact) mass is 353 g/mol. The predicted molar refractivity (Wildman–Crippen MR) is 92.7 cm³/mol. The third-order valence-electron chi connectivity index (χ3n) is 3.74. The first-order valence-electron chi connectivity index (χ1n) is 7.97. The number of esters is 1. The lowest BCUT2D eigenvalue weighted by molar-refractivity contribution is -0.129. The first kappa shape index (κ1) is 17.5. The lowest BCUT2D eigenvalue weighted by atomic mass is 10.2. The van der Waals surface area contributed by atoms with Gasteiger partial charge in [-0.1, -0.05) is 12.1 Å². The third kappa shape index (κ3) is 4.18. The zero-order valence-corrected chi connectivity index (χ0v) is 14.0. The van der Waals surface area contributed by atoms with Crippen LogP contribution in [0.1, 0.15) is 22.8 Å². The minimum Gasteiger partial charge on any atom is -0.449 e. The van der Waals surface area contributed by atoms with Crippen molar-refractivity contribution in [3.63, 3.8) is 0 Å². The lowest BCUT2D eigenvalue weighted by Gasteiger charge is -2.13. The molecule has 0 spiro atoms. The molecule has 1 N–H and O–H groups in total. The molecule has 1 atom stereocenters. The van der Waals surface area contributed by atoms with Gasteiger partial charge in [-0.05, 0) is 42.8 Å². The van der Waals surface area contributed by atoms with Gasteiger partial charge in [-0.3, -0.25) is 14.8 Å². The van der Waals surface area contributed by atoms with Gasteiger partial charge >= 0.3 is 5.97 Å². The average molecular weight is 353 g/mol. The maximum Gasteiger partial charge on any atom is 0.338 e. The highest BCUT2D eigenvalue weighted by molar-refractivity contribution is 5.95. The van der Waals surface area contributed by atoms with Crippen molar-refractivity contribution in [1.29, 1.82) is 0 Å². The third-order valence-corrected chi connectivity index (χ3v) is 3.74. The second-order valence-corrected chi connectivity index (χ2v) is 5.65. The lowest BCUT2D eigenvalue weighted by Crippen LogP contribution is -2.35. The highest BCUT2D eigenvalue weighted by Gasteiger charge is 2.19. The number of aromatic nitrogens is 2.